The number of halogens is 1. The molecule has 1 heterocycles. The van der Waals surface area contributed by atoms with E-state index in [1.54, 1.807) is 37.3 Å². The number of nitrogens with zero attached hydrogens (tertiary/aromatic N) is 1. The normalized spacial score (nSPS) is 14.7. The van der Waals surface area contributed by atoms with Gasteiger partial charge in [-0.15, -0.1) is 0 Å². The first-order valence-electron chi connectivity index (χ1n) is 7.54. The van der Waals surface area contributed by atoms with Gasteiger partial charge in [-0.2, -0.15) is 0 Å². The molecule has 2 aromatic carbocycles. The Balaban J connectivity index is 2.00. The van der Waals surface area contributed by atoms with Gasteiger partial charge in [-0.25, -0.2) is 9.37 Å². The minimum absolute atomic E-state index is 0.102. The Morgan fingerprint density at radius 3 is 2.71 bits per heavy atom. The summed E-state index contributed by atoms with van der Waals surface area (Å²) in [6.07, 6.45) is 1.74. The fourth-order valence-corrected chi connectivity index (χ4v) is 3.86. The SMILES string of the molecule is CCP(=O)(OC)c1ccc2oc(/C(F)=C/c3ccccc3)nc2c1. The van der Waals surface area contributed by atoms with E-state index in [1.165, 1.54) is 13.2 Å². The molecule has 0 aliphatic carbocycles. The standard InChI is InChI=1S/C18H17FNO3P/c1-3-24(21,22-2)14-9-10-17-16(12-14)20-18(23-17)15(19)11-13-7-5-4-6-8-13/h4-12H,3H2,1-2H3/b15-11-. The monoisotopic (exact) mass is 345 g/mol. The zero-order chi connectivity index (χ0) is 17.2. The molecule has 6 heteroatoms. The molecule has 3 aromatic rings. The van der Waals surface area contributed by atoms with Crippen molar-refractivity contribution in [3.63, 3.8) is 0 Å². The summed E-state index contributed by atoms with van der Waals surface area (Å²) in [5.41, 5.74) is 1.60. The predicted molar refractivity (Wildman–Crippen MR) is 94.2 cm³/mol. The molecule has 1 unspecified atom stereocenters. The van der Waals surface area contributed by atoms with Crippen LogP contribution in [0.25, 0.3) is 23.0 Å². The second-order valence-electron chi connectivity index (χ2n) is 5.25. The van der Waals surface area contributed by atoms with Crippen molar-refractivity contribution in [3.05, 3.63) is 60.0 Å². The lowest BCUT2D eigenvalue weighted by molar-refractivity contribution is 0.404. The topological polar surface area (TPSA) is 52.3 Å². The van der Waals surface area contributed by atoms with Gasteiger partial charge >= 0.3 is 0 Å². The van der Waals surface area contributed by atoms with Gasteiger partial charge in [-0.1, -0.05) is 37.3 Å². The van der Waals surface area contributed by atoms with Crippen molar-refractivity contribution in [3.8, 4) is 0 Å². The molecule has 0 saturated carbocycles. The summed E-state index contributed by atoms with van der Waals surface area (Å²) < 4.78 is 37.6. The van der Waals surface area contributed by atoms with Gasteiger partial charge in [0.05, 0.1) is 0 Å². The Morgan fingerprint density at radius 1 is 1.29 bits per heavy atom. The van der Waals surface area contributed by atoms with Crippen molar-refractivity contribution < 1.29 is 17.9 Å². The molecular weight excluding hydrogens is 328 g/mol. The third kappa shape index (κ3) is 3.18. The molecular formula is C18H17FNO3P. The fraction of sp³-hybridized carbons (Fsp3) is 0.167. The van der Waals surface area contributed by atoms with Gasteiger partial charge in [-0.05, 0) is 29.8 Å². The molecule has 0 saturated heterocycles. The summed E-state index contributed by atoms with van der Waals surface area (Å²) in [6, 6.07) is 14.0. The lowest BCUT2D eigenvalue weighted by atomic mass is 10.2. The van der Waals surface area contributed by atoms with Gasteiger partial charge < -0.3 is 8.94 Å². The number of hydrogen-bond acceptors (Lipinski definition) is 4. The van der Waals surface area contributed by atoms with Gasteiger partial charge in [0, 0.05) is 18.6 Å². The second-order valence-corrected chi connectivity index (χ2v) is 8.11. The van der Waals surface area contributed by atoms with Crippen molar-refractivity contribution in [1.29, 1.82) is 0 Å². The molecule has 0 aliphatic heterocycles. The van der Waals surface area contributed by atoms with Crippen LogP contribution in [0.15, 0.2) is 52.9 Å². The number of oxazole rings is 1. The summed E-state index contributed by atoms with van der Waals surface area (Å²) in [7, 11) is -1.48. The Hall–Kier alpha value is -2.23. The zero-order valence-corrected chi connectivity index (χ0v) is 14.3. The summed E-state index contributed by atoms with van der Waals surface area (Å²) in [5, 5.41) is 0.548. The molecule has 0 amide bonds. The minimum atomic E-state index is -2.90. The van der Waals surface area contributed by atoms with Crippen LogP contribution in [-0.2, 0) is 9.09 Å². The quantitative estimate of drug-likeness (QED) is 0.619. The van der Waals surface area contributed by atoms with Crippen LogP contribution in [-0.4, -0.2) is 18.3 Å². The van der Waals surface area contributed by atoms with E-state index in [4.69, 9.17) is 8.94 Å². The zero-order valence-electron chi connectivity index (χ0n) is 13.4. The number of fused-ring (bicyclic) bond motifs is 1. The number of hydrogen-bond donors (Lipinski definition) is 0. The molecule has 3 rings (SSSR count). The molecule has 0 N–H and O–H groups in total. The number of aromatic nitrogens is 1. The van der Waals surface area contributed by atoms with Crippen LogP contribution >= 0.6 is 7.37 Å². The molecule has 24 heavy (non-hydrogen) atoms. The molecule has 1 aromatic heterocycles. The highest BCUT2D eigenvalue weighted by Gasteiger charge is 2.23. The van der Waals surface area contributed by atoms with E-state index in [2.05, 4.69) is 4.98 Å². The molecule has 4 nitrogen and oxygen atoms in total. The molecule has 0 fully saturated rings. The second kappa shape index (κ2) is 6.71. The third-order valence-corrected chi connectivity index (χ3v) is 6.26. The van der Waals surface area contributed by atoms with Gasteiger partial charge in [-0.3, -0.25) is 4.57 Å². The van der Waals surface area contributed by atoms with Crippen molar-refractivity contribution >= 4 is 35.7 Å². The predicted octanol–water partition coefficient (Wildman–Crippen LogP) is 4.87. The maximum atomic E-state index is 14.4. The summed E-state index contributed by atoms with van der Waals surface area (Å²) in [4.78, 5) is 4.16. The molecule has 1 atom stereocenters. The fourth-order valence-electron chi connectivity index (χ4n) is 2.40. The van der Waals surface area contributed by atoms with E-state index in [0.717, 1.165) is 0 Å². The summed E-state index contributed by atoms with van der Waals surface area (Å²) >= 11 is 0. The number of rotatable bonds is 5. The van der Waals surface area contributed by atoms with E-state index < -0.39 is 13.2 Å². The molecule has 124 valence electrons. The van der Waals surface area contributed by atoms with E-state index in [-0.39, 0.29) is 5.89 Å². The van der Waals surface area contributed by atoms with Gasteiger partial charge in [0.15, 0.2) is 11.4 Å². The summed E-state index contributed by atoms with van der Waals surface area (Å²) in [6.45, 7) is 1.80. The highest BCUT2D eigenvalue weighted by Crippen LogP contribution is 2.44. The Bertz CT molecular complexity index is 926. The van der Waals surface area contributed by atoms with Crippen molar-refractivity contribution in [2.45, 2.75) is 6.92 Å². The highest BCUT2D eigenvalue weighted by atomic mass is 31.2. The third-order valence-electron chi connectivity index (χ3n) is 3.77. The summed E-state index contributed by atoms with van der Waals surface area (Å²) in [5.74, 6) is -0.667. The average Bonchev–Trinajstić information content (AvgIpc) is 3.05. The van der Waals surface area contributed by atoms with Crippen LogP contribution < -0.4 is 5.30 Å². The lowest BCUT2D eigenvalue weighted by Gasteiger charge is -2.13. The van der Waals surface area contributed by atoms with Crippen molar-refractivity contribution in [2.75, 3.05) is 13.3 Å². The Labute approximate surface area is 139 Å². The maximum absolute atomic E-state index is 14.4. The first-order chi connectivity index (χ1) is 11.6. The highest BCUT2D eigenvalue weighted by molar-refractivity contribution is 7.66. The maximum Gasteiger partial charge on any atom is 0.256 e. The van der Waals surface area contributed by atoms with Gasteiger partial charge in [0.2, 0.25) is 7.37 Å². The van der Waals surface area contributed by atoms with E-state index >= 15 is 0 Å². The van der Waals surface area contributed by atoms with E-state index in [0.29, 0.717) is 28.1 Å². The molecule has 0 aliphatic rings. The van der Waals surface area contributed by atoms with Crippen LogP contribution in [0.2, 0.25) is 0 Å². The average molecular weight is 345 g/mol. The van der Waals surface area contributed by atoms with Crippen LogP contribution in [0, 0.1) is 0 Å². The van der Waals surface area contributed by atoms with Crippen molar-refractivity contribution in [2.24, 2.45) is 0 Å². The Morgan fingerprint density at radius 2 is 2.04 bits per heavy atom. The van der Waals surface area contributed by atoms with Crippen LogP contribution in [0.4, 0.5) is 4.39 Å². The van der Waals surface area contributed by atoms with E-state index in [1.807, 2.05) is 18.2 Å². The molecule has 0 radical (unpaired) electrons. The van der Waals surface area contributed by atoms with Gasteiger partial charge in [0.25, 0.3) is 5.89 Å². The minimum Gasteiger partial charge on any atom is -0.434 e. The largest absolute Gasteiger partial charge is 0.434 e. The van der Waals surface area contributed by atoms with Crippen LogP contribution in [0.3, 0.4) is 0 Å². The van der Waals surface area contributed by atoms with E-state index in [9.17, 15) is 8.96 Å². The Kier molecular flexibility index (Phi) is 4.65. The van der Waals surface area contributed by atoms with Crippen LogP contribution in [0.5, 0.6) is 0 Å². The molecule has 0 spiro atoms. The first-order valence-corrected chi connectivity index (χ1v) is 9.35. The smallest absolute Gasteiger partial charge is 0.256 e. The number of benzene rings is 2. The van der Waals surface area contributed by atoms with Crippen molar-refractivity contribution in [1.82, 2.24) is 4.98 Å². The first kappa shape index (κ1) is 16.6. The lowest BCUT2D eigenvalue weighted by Crippen LogP contribution is -2.07. The van der Waals surface area contributed by atoms with Gasteiger partial charge in [0.1, 0.15) is 5.52 Å². The van der Waals surface area contributed by atoms with Crippen LogP contribution in [0.1, 0.15) is 18.4 Å². The molecule has 0 bridgehead atoms.